The Kier molecular flexibility index (Phi) is 6.87. The molecule has 3 nitrogen and oxygen atoms in total. The van der Waals surface area contributed by atoms with E-state index < -0.39 is 0 Å². The first-order valence-electron chi connectivity index (χ1n) is 17.4. The zero-order valence-electron chi connectivity index (χ0n) is 28.0. The van der Waals surface area contributed by atoms with E-state index in [1.807, 2.05) is 66.7 Å². The van der Waals surface area contributed by atoms with Crippen molar-refractivity contribution in [2.45, 2.75) is 0 Å². The van der Waals surface area contributed by atoms with Gasteiger partial charge in [-0.05, 0) is 116 Å². The maximum absolute atomic E-state index is 10.1. The van der Waals surface area contributed by atoms with Gasteiger partial charge in [-0.3, -0.25) is 0 Å². The predicted octanol–water partition coefficient (Wildman–Crippen LogP) is 13.7. The number of furan rings is 2. The summed E-state index contributed by atoms with van der Waals surface area (Å²) in [5, 5.41) is 14.5. The highest BCUT2D eigenvalue weighted by atomic mass is 16.3. The highest BCUT2D eigenvalue weighted by Gasteiger charge is 2.19. The smallest absolute Gasteiger partial charge is 0.136 e. The number of fused-ring (bicyclic) bond motifs is 6. The summed E-state index contributed by atoms with van der Waals surface area (Å²) < 4.78 is 12.8. The van der Waals surface area contributed by atoms with Crippen LogP contribution in [0.25, 0.3) is 99.5 Å². The van der Waals surface area contributed by atoms with Crippen molar-refractivity contribution in [3.63, 3.8) is 0 Å². The molecule has 0 unspecified atom stereocenters. The fourth-order valence-electron chi connectivity index (χ4n) is 7.69. The van der Waals surface area contributed by atoms with Gasteiger partial charge < -0.3 is 8.83 Å². The van der Waals surface area contributed by atoms with Crippen LogP contribution in [0.4, 0.5) is 0 Å². The second kappa shape index (κ2) is 12.0. The van der Waals surface area contributed by atoms with Gasteiger partial charge in [-0.1, -0.05) is 115 Å². The number of benzene rings is 8. The van der Waals surface area contributed by atoms with Gasteiger partial charge in [0.05, 0.1) is 11.6 Å². The molecule has 0 atom stereocenters. The number of rotatable bonds is 5. The quantitative estimate of drug-likeness (QED) is 0.184. The lowest BCUT2D eigenvalue weighted by molar-refractivity contribution is 0.668. The molecule has 0 N–H and O–H groups in total. The molecule has 0 aliphatic carbocycles. The third-order valence-electron chi connectivity index (χ3n) is 10.1. The van der Waals surface area contributed by atoms with E-state index in [0.29, 0.717) is 5.56 Å². The van der Waals surface area contributed by atoms with E-state index in [-0.39, 0.29) is 0 Å². The van der Waals surface area contributed by atoms with Gasteiger partial charge in [0.2, 0.25) is 0 Å². The van der Waals surface area contributed by atoms with Gasteiger partial charge in [0.15, 0.2) is 0 Å². The van der Waals surface area contributed by atoms with Crippen LogP contribution in [0, 0.1) is 11.3 Å². The highest BCUT2D eigenvalue weighted by Crippen LogP contribution is 2.45. The molecule has 0 spiro atoms. The van der Waals surface area contributed by atoms with Crippen molar-refractivity contribution >= 4 is 43.9 Å². The lowest BCUT2D eigenvalue weighted by Crippen LogP contribution is -1.93. The van der Waals surface area contributed by atoms with Crippen LogP contribution in [0.15, 0.2) is 185 Å². The number of para-hydroxylation sites is 2. The van der Waals surface area contributed by atoms with Crippen molar-refractivity contribution in [3.05, 3.63) is 181 Å². The Morgan fingerprint density at radius 2 is 0.827 bits per heavy atom. The van der Waals surface area contributed by atoms with Crippen LogP contribution in [0.3, 0.4) is 0 Å². The standard InChI is InChI=1S/C49H29NO2/c50-30-34-13-4-5-14-38(34)36-25-35(31-11-2-1-3-12-31)26-37(27-36)49-39(32-21-23-43-41-15-6-8-19-45(41)51-47(43)28-32)17-10-18-40(49)33-22-24-44-42-16-7-9-20-46(42)52-48(44)29-33/h1-29H. The first-order valence-corrected chi connectivity index (χ1v) is 17.4. The Morgan fingerprint density at radius 3 is 1.46 bits per heavy atom. The summed E-state index contributed by atoms with van der Waals surface area (Å²) in [5.41, 5.74) is 14.5. The van der Waals surface area contributed by atoms with Gasteiger partial charge in [-0.2, -0.15) is 5.26 Å². The summed E-state index contributed by atoms with van der Waals surface area (Å²) in [6.07, 6.45) is 0. The Hall–Kier alpha value is -7.15. The van der Waals surface area contributed by atoms with Crippen LogP contribution in [0.1, 0.15) is 5.56 Å². The largest absolute Gasteiger partial charge is 0.456 e. The molecule has 2 aromatic heterocycles. The molecule has 0 aliphatic heterocycles. The third kappa shape index (κ3) is 4.89. The van der Waals surface area contributed by atoms with Crippen LogP contribution in [0.2, 0.25) is 0 Å². The van der Waals surface area contributed by atoms with E-state index >= 15 is 0 Å². The minimum atomic E-state index is 0.637. The van der Waals surface area contributed by atoms with Gasteiger partial charge in [0.25, 0.3) is 0 Å². The first-order chi connectivity index (χ1) is 25.7. The molecule has 10 rings (SSSR count). The van der Waals surface area contributed by atoms with E-state index in [0.717, 1.165) is 99.5 Å². The maximum Gasteiger partial charge on any atom is 0.136 e. The van der Waals surface area contributed by atoms with Crippen LogP contribution >= 0.6 is 0 Å². The van der Waals surface area contributed by atoms with Crippen molar-refractivity contribution in [1.29, 1.82) is 5.26 Å². The molecule has 52 heavy (non-hydrogen) atoms. The molecule has 0 amide bonds. The summed E-state index contributed by atoms with van der Waals surface area (Å²) >= 11 is 0. The fourth-order valence-corrected chi connectivity index (χ4v) is 7.69. The topological polar surface area (TPSA) is 50.1 Å². The number of hydrogen-bond donors (Lipinski definition) is 0. The van der Waals surface area contributed by atoms with Crippen LogP contribution in [0.5, 0.6) is 0 Å². The lowest BCUT2D eigenvalue weighted by atomic mass is 9.84. The van der Waals surface area contributed by atoms with Gasteiger partial charge in [0, 0.05) is 21.5 Å². The molecule has 8 aromatic carbocycles. The first kappa shape index (κ1) is 29.7. The molecule has 0 fully saturated rings. The summed E-state index contributed by atoms with van der Waals surface area (Å²) in [7, 11) is 0. The Bertz CT molecular complexity index is 2900. The minimum Gasteiger partial charge on any atom is -0.456 e. The zero-order valence-corrected chi connectivity index (χ0v) is 28.0. The summed E-state index contributed by atoms with van der Waals surface area (Å²) in [6, 6.07) is 63.3. The van der Waals surface area contributed by atoms with Crippen molar-refractivity contribution in [2.24, 2.45) is 0 Å². The van der Waals surface area contributed by atoms with Gasteiger partial charge >= 0.3 is 0 Å². The number of nitrogens with zero attached hydrogens (tertiary/aromatic N) is 1. The van der Waals surface area contributed by atoms with E-state index in [1.165, 1.54) is 0 Å². The lowest BCUT2D eigenvalue weighted by Gasteiger charge is -2.19. The average Bonchev–Trinajstić information content (AvgIpc) is 3.78. The Balaban J connectivity index is 1.27. The van der Waals surface area contributed by atoms with Crippen molar-refractivity contribution in [2.75, 3.05) is 0 Å². The van der Waals surface area contributed by atoms with E-state index in [2.05, 4.69) is 115 Å². The molecule has 242 valence electrons. The van der Waals surface area contributed by atoms with Gasteiger partial charge in [-0.25, -0.2) is 0 Å². The monoisotopic (exact) mass is 663 g/mol. The number of nitriles is 1. The van der Waals surface area contributed by atoms with Gasteiger partial charge in [0.1, 0.15) is 22.3 Å². The van der Waals surface area contributed by atoms with Crippen molar-refractivity contribution in [3.8, 4) is 61.7 Å². The van der Waals surface area contributed by atoms with Gasteiger partial charge in [-0.15, -0.1) is 0 Å². The third-order valence-corrected chi connectivity index (χ3v) is 10.1. The molecule has 0 saturated heterocycles. The SMILES string of the molecule is N#Cc1ccccc1-c1cc(-c2ccccc2)cc(-c2c(-c3ccc4c(c3)oc3ccccc34)cccc2-c2ccc3c(c2)oc2ccccc23)c1. The van der Waals surface area contributed by atoms with Crippen LogP contribution in [-0.4, -0.2) is 0 Å². The molecular weight excluding hydrogens is 635 g/mol. The molecule has 0 saturated carbocycles. The molecular formula is C49H29NO2. The predicted molar refractivity (Wildman–Crippen MR) is 213 cm³/mol. The number of hydrogen-bond acceptors (Lipinski definition) is 3. The second-order valence-electron chi connectivity index (χ2n) is 13.2. The van der Waals surface area contributed by atoms with Crippen molar-refractivity contribution in [1.82, 2.24) is 0 Å². The molecule has 2 heterocycles. The fraction of sp³-hybridized carbons (Fsp3) is 0. The van der Waals surface area contributed by atoms with Crippen LogP contribution < -0.4 is 0 Å². The summed E-state index contributed by atoms with van der Waals surface area (Å²) in [4.78, 5) is 0. The summed E-state index contributed by atoms with van der Waals surface area (Å²) in [6.45, 7) is 0. The normalized spacial score (nSPS) is 11.4. The molecule has 3 heteroatoms. The van der Waals surface area contributed by atoms with E-state index in [9.17, 15) is 5.26 Å². The molecule has 10 aromatic rings. The molecule has 0 aliphatic rings. The van der Waals surface area contributed by atoms with E-state index in [1.54, 1.807) is 0 Å². The Labute approximate surface area is 300 Å². The Morgan fingerprint density at radius 1 is 0.327 bits per heavy atom. The maximum atomic E-state index is 10.1. The summed E-state index contributed by atoms with van der Waals surface area (Å²) in [5.74, 6) is 0. The highest BCUT2D eigenvalue weighted by molar-refractivity contribution is 6.08. The minimum absolute atomic E-state index is 0.637. The molecule has 0 bridgehead atoms. The van der Waals surface area contributed by atoms with Crippen LogP contribution in [-0.2, 0) is 0 Å². The second-order valence-corrected chi connectivity index (χ2v) is 13.2. The molecule has 0 radical (unpaired) electrons. The average molecular weight is 664 g/mol. The van der Waals surface area contributed by atoms with E-state index in [4.69, 9.17) is 8.83 Å². The van der Waals surface area contributed by atoms with Crippen molar-refractivity contribution < 1.29 is 8.83 Å². The zero-order chi connectivity index (χ0) is 34.6.